The number of halogens is 2. The van der Waals surface area contributed by atoms with Crippen LogP contribution in [0.15, 0.2) is 12.1 Å². The van der Waals surface area contributed by atoms with Crippen LogP contribution in [0.2, 0.25) is 0 Å². The third kappa shape index (κ3) is 4.40. The molecule has 2 amide bonds. The predicted octanol–water partition coefficient (Wildman–Crippen LogP) is 2.89. The fourth-order valence-corrected chi connectivity index (χ4v) is 1.72. The summed E-state index contributed by atoms with van der Waals surface area (Å²) in [5.41, 5.74) is -0.231. The molecule has 1 aromatic carbocycles. The number of carboxylic acid groups (broad SMARTS) is 1. The number of nitrogens with one attached hydrogen (secondary N) is 2. The molecule has 5 nitrogen and oxygen atoms in total. The normalized spacial score (nSPS) is 13.4. The maximum absolute atomic E-state index is 13.6. The standard InChI is InChI=1S/C14H18F2N2O3/c1-4-7(2)12(13(19)20)18-14(21)17-11-6-9(15)8(3)5-10(11)16/h5-7,12H,4H2,1-3H3,(H,19,20)(H2,17,18,21). The molecular formula is C14H18F2N2O3. The van der Waals surface area contributed by atoms with Crippen molar-refractivity contribution < 1.29 is 23.5 Å². The van der Waals surface area contributed by atoms with Crippen LogP contribution in [0.3, 0.4) is 0 Å². The molecule has 0 fully saturated rings. The van der Waals surface area contributed by atoms with Gasteiger partial charge in [-0.25, -0.2) is 18.4 Å². The van der Waals surface area contributed by atoms with Crippen LogP contribution in [0.5, 0.6) is 0 Å². The van der Waals surface area contributed by atoms with E-state index in [2.05, 4.69) is 10.6 Å². The van der Waals surface area contributed by atoms with Crippen molar-refractivity contribution in [1.29, 1.82) is 0 Å². The first kappa shape index (κ1) is 16.9. The van der Waals surface area contributed by atoms with Gasteiger partial charge in [-0.1, -0.05) is 20.3 Å². The molecule has 0 spiro atoms. The van der Waals surface area contributed by atoms with Gasteiger partial charge in [0, 0.05) is 6.07 Å². The molecule has 0 bridgehead atoms. The molecule has 116 valence electrons. The Hall–Kier alpha value is -2.18. The van der Waals surface area contributed by atoms with Crippen molar-refractivity contribution in [2.24, 2.45) is 5.92 Å². The van der Waals surface area contributed by atoms with Gasteiger partial charge < -0.3 is 15.7 Å². The molecule has 7 heteroatoms. The number of hydrogen-bond donors (Lipinski definition) is 3. The summed E-state index contributed by atoms with van der Waals surface area (Å²) in [6.45, 7) is 4.85. The van der Waals surface area contributed by atoms with Gasteiger partial charge in [0.2, 0.25) is 0 Å². The summed E-state index contributed by atoms with van der Waals surface area (Å²) in [6.07, 6.45) is 0.546. The van der Waals surface area contributed by atoms with Crippen molar-refractivity contribution in [3.63, 3.8) is 0 Å². The van der Waals surface area contributed by atoms with Crippen LogP contribution in [0.25, 0.3) is 0 Å². The lowest BCUT2D eigenvalue weighted by Crippen LogP contribution is -2.46. The lowest BCUT2D eigenvalue weighted by atomic mass is 9.99. The zero-order valence-corrected chi connectivity index (χ0v) is 12.0. The second kappa shape index (κ2) is 7.01. The molecular weight excluding hydrogens is 282 g/mol. The fourth-order valence-electron chi connectivity index (χ4n) is 1.72. The van der Waals surface area contributed by atoms with Crippen LogP contribution in [-0.2, 0) is 4.79 Å². The quantitative estimate of drug-likeness (QED) is 0.782. The van der Waals surface area contributed by atoms with E-state index in [1.54, 1.807) is 13.8 Å². The number of aryl methyl sites for hydroxylation is 1. The van der Waals surface area contributed by atoms with Crippen LogP contribution >= 0.6 is 0 Å². The third-order valence-electron chi connectivity index (χ3n) is 3.26. The summed E-state index contributed by atoms with van der Waals surface area (Å²) in [5.74, 6) is -2.94. The van der Waals surface area contributed by atoms with Crippen LogP contribution in [0.1, 0.15) is 25.8 Å². The SMILES string of the molecule is CCC(C)C(NC(=O)Nc1cc(F)c(C)cc1F)C(=O)O. The average Bonchev–Trinajstić information content (AvgIpc) is 2.41. The van der Waals surface area contributed by atoms with E-state index in [0.29, 0.717) is 6.42 Å². The lowest BCUT2D eigenvalue weighted by molar-refractivity contribution is -0.140. The largest absolute Gasteiger partial charge is 0.480 e. The Morgan fingerprint density at radius 3 is 2.43 bits per heavy atom. The van der Waals surface area contributed by atoms with Crippen molar-refractivity contribution >= 4 is 17.7 Å². The number of benzene rings is 1. The Bertz CT molecular complexity index is 549. The molecule has 1 rings (SSSR count). The highest BCUT2D eigenvalue weighted by Crippen LogP contribution is 2.19. The molecule has 21 heavy (non-hydrogen) atoms. The lowest BCUT2D eigenvalue weighted by Gasteiger charge is -2.20. The van der Waals surface area contributed by atoms with Gasteiger partial charge in [0.05, 0.1) is 5.69 Å². The van der Waals surface area contributed by atoms with E-state index in [1.807, 2.05) is 0 Å². The van der Waals surface area contributed by atoms with Gasteiger partial charge in [-0.3, -0.25) is 0 Å². The Kier molecular flexibility index (Phi) is 5.63. The van der Waals surface area contributed by atoms with Gasteiger partial charge in [-0.2, -0.15) is 0 Å². The first-order valence-electron chi connectivity index (χ1n) is 6.52. The highest BCUT2D eigenvalue weighted by molar-refractivity contribution is 5.92. The van der Waals surface area contributed by atoms with Crippen LogP contribution in [0.4, 0.5) is 19.3 Å². The molecule has 2 unspecified atom stereocenters. The molecule has 0 saturated carbocycles. The minimum Gasteiger partial charge on any atom is -0.480 e. The molecule has 0 heterocycles. The molecule has 0 aliphatic rings. The number of aliphatic carboxylic acids is 1. The minimum atomic E-state index is -1.19. The van der Waals surface area contributed by atoms with E-state index in [1.165, 1.54) is 6.92 Å². The highest BCUT2D eigenvalue weighted by atomic mass is 19.1. The summed E-state index contributed by atoms with van der Waals surface area (Å²) in [6, 6.07) is -0.199. The van der Waals surface area contributed by atoms with E-state index < -0.39 is 29.7 Å². The average molecular weight is 300 g/mol. The predicted molar refractivity (Wildman–Crippen MR) is 74.1 cm³/mol. The fraction of sp³-hybridized carbons (Fsp3) is 0.429. The van der Waals surface area contributed by atoms with E-state index in [0.717, 1.165) is 12.1 Å². The van der Waals surface area contributed by atoms with Crippen molar-refractivity contribution in [1.82, 2.24) is 5.32 Å². The number of anilines is 1. The first-order chi connectivity index (χ1) is 9.76. The minimum absolute atomic E-state index is 0.112. The zero-order valence-electron chi connectivity index (χ0n) is 12.0. The Morgan fingerprint density at radius 1 is 1.29 bits per heavy atom. The summed E-state index contributed by atoms with van der Waals surface area (Å²) in [4.78, 5) is 22.8. The van der Waals surface area contributed by atoms with E-state index in [9.17, 15) is 18.4 Å². The highest BCUT2D eigenvalue weighted by Gasteiger charge is 2.25. The van der Waals surface area contributed by atoms with Gasteiger partial charge in [-0.05, 0) is 24.5 Å². The summed E-state index contributed by atoms with van der Waals surface area (Å²) in [7, 11) is 0. The van der Waals surface area contributed by atoms with Crippen molar-refractivity contribution in [3.8, 4) is 0 Å². The maximum atomic E-state index is 13.6. The van der Waals surface area contributed by atoms with Crippen LogP contribution in [0, 0.1) is 24.5 Å². The van der Waals surface area contributed by atoms with Gasteiger partial charge in [0.1, 0.15) is 17.7 Å². The Labute approximate surface area is 121 Å². The first-order valence-corrected chi connectivity index (χ1v) is 6.52. The zero-order chi connectivity index (χ0) is 16.2. The maximum Gasteiger partial charge on any atom is 0.326 e. The van der Waals surface area contributed by atoms with E-state index >= 15 is 0 Å². The number of carbonyl (C=O) groups excluding carboxylic acids is 1. The topological polar surface area (TPSA) is 78.4 Å². The smallest absolute Gasteiger partial charge is 0.326 e. The second-order valence-corrected chi connectivity index (χ2v) is 4.88. The number of hydrogen-bond acceptors (Lipinski definition) is 2. The molecule has 0 aromatic heterocycles. The van der Waals surface area contributed by atoms with Gasteiger partial charge in [0.15, 0.2) is 0 Å². The number of carboxylic acids is 1. The molecule has 0 saturated heterocycles. The van der Waals surface area contributed by atoms with Crippen molar-refractivity contribution in [2.75, 3.05) is 5.32 Å². The molecule has 2 atom stereocenters. The number of rotatable bonds is 5. The van der Waals surface area contributed by atoms with Crippen molar-refractivity contribution in [3.05, 3.63) is 29.3 Å². The number of urea groups is 1. The number of amides is 2. The van der Waals surface area contributed by atoms with E-state index in [-0.39, 0.29) is 17.2 Å². The van der Waals surface area contributed by atoms with E-state index in [4.69, 9.17) is 5.11 Å². The Balaban J connectivity index is 2.81. The van der Waals surface area contributed by atoms with Crippen LogP contribution < -0.4 is 10.6 Å². The van der Waals surface area contributed by atoms with Crippen LogP contribution in [-0.4, -0.2) is 23.1 Å². The monoisotopic (exact) mass is 300 g/mol. The van der Waals surface area contributed by atoms with Crippen molar-refractivity contribution in [2.45, 2.75) is 33.2 Å². The molecule has 1 aromatic rings. The summed E-state index contributed by atoms with van der Waals surface area (Å²) in [5, 5.41) is 13.4. The third-order valence-corrected chi connectivity index (χ3v) is 3.26. The second-order valence-electron chi connectivity index (χ2n) is 4.88. The molecule has 0 aliphatic heterocycles. The summed E-state index contributed by atoms with van der Waals surface area (Å²) >= 11 is 0. The van der Waals surface area contributed by atoms with Gasteiger partial charge in [0.25, 0.3) is 0 Å². The molecule has 0 aliphatic carbocycles. The van der Waals surface area contributed by atoms with Gasteiger partial charge in [-0.15, -0.1) is 0 Å². The summed E-state index contributed by atoms with van der Waals surface area (Å²) < 4.78 is 26.9. The number of carbonyl (C=O) groups is 2. The van der Waals surface area contributed by atoms with Gasteiger partial charge >= 0.3 is 12.0 Å². The molecule has 0 radical (unpaired) electrons. The molecule has 3 N–H and O–H groups in total. The Morgan fingerprint density at radius 2 is 1.90 bits per heavy atom.